The molecule has 4 aliphatic rings. The summed E-state index contributed by atoms with van der Waals surface area (Å²) < 4.78 is 12.5. The third kappa shape index (κ3) is 4.89. The van der Waals surface area contributed by atoms with E-state index in [2.05, 4.69) is 72.8 Å². The van der Waals surface area contributed by atoms with Gasteiger partial charge in [-0.2, -0.15) is 0 Å². The van der Waals surface area contributed by atoms with Crippen LogP contribution in [0.1, 0.15) is 103 Å². The van der Waals surface area contributed by atoms with Crippen LogP contribution < -0.4 is 0 Å². The molecule has 0 N–H and O–H groups in total. The molecule has 4 aliphatic carbocycles. The van der Waals surface area contributed by atoms with E-state index < -0.39 is 11.9 Å². The molecule has 0 fully saturated rings. The Morgan fingerprint density at radius 1 is 0.438 bits per heavy atom. The molecule has 0 saturated carbocycles. The molecular weight excluding hydrogens is 592 g/mol. The number of benzene rings is 5. The van der Waals surface area contributed by atoms with Crippen molar-refractivity contribution in [1.82, 2.24) is 0 Å². The van der Waals surface area contributed by atoms with Crippen LogP contribution in [0.2, 0.25) is 0 Å². The third-order valence-electron chi connectivity index (χ3n) is 11.2. The zero-order chi connectivity index (χ0) is 32.2. The molecule has 4 nitrogen and oxygen atoms in total. The fraction of sp³-hybridized carbons (Fsp3) is 0.273. The number of hydrogen-bond donors (Lipinski definition) is 0. The second-order valence-corrected chi connectivity index (χ2v) is 13.8. The van der Waals surface area contributed by atoms with Gasteiger partial charge in [-0.1, -0.05) is 84.9 Å². The van der Waals surface area contributed by atoms with Gasteiger partial charge >= 0.3 is 11.9 Å². The van der Waals surface area contributed by atoms with Crippen molar-refractivity contribution in [3.63, 3.8) is 0 Å². The Labute approximate surface area is 281 Å². The molecule has 0 radical (unpaired) electrons. The third-order valence-corrected chi connectivity index (χ3v) is 11.2. The van der Waals surface area contributed by atoms with Crippen LogP contribution in [0.25, 0.3) is 22.3 Å². The smallest absolute Gasteiger partial charge is 0.339 e. The summed E-state index contributed by atoms with van der Waals surface area (Å²) in [5, 5.41) is 0. The number of rotatable bonds is 4. The molecule has 5 aromatic carbocycles. The molecule has 2 unspecified atom stereocenters. The van der Waals surface area contributed by atoms with Crippen molar-refractivity contribution in [2.24, 2.45) is 0 Å². The van der Waals surface area contributed by atoms with Crippen molar-refractivity contribution >= 4 is 11.9 Å². The monoisotopic (exact) mass is 630 g/mol. The molecule has 5 aromatic rings. The molecule has 4 heteroatoms. The first-order valence-electron chi connectivity index (χ1n) is 17.6. The van der Waals surface area contributed by atoms with Crippen LogP contribution in [0.3, 0.4) is 0 Å². The fourth-order valence-corrected chi connectivity index (χ4v) is 8.92. The number of esters is 2. The van der Waals surface area contributed by atoms with Gasteiger partial charge in [0.15, 0.2) is 0 Å². The van der Waals surface area contributed by atoms with Gasteiger partial charge in [-0.25, -0.2) is 9.59 Å². The topological polar surface area (TPSA) is 52.6 Å². The Kier molecular flexibility index (Phi) is 7.26. The lowest BCUT2D eigenvalue weighted by molar-refractivity contribution is 0.0208. The molecule has 0 heterocycles. The first-order chi connectivity index (χ1) is 23.6. The molecule has 0 aliphatic heterocycles. The van der Waals surface area contributed by atoms with E-state index in [-0.39, 0.29) is 23.3 Å². The Balaban J connectivity index is 0.964. The largest absolute Gasteiger partial charge is 0.454 e. The summed E-state index contributed by atoms with van der Waals surface area (Å²) in [7, 11) is 0. The molecule has 2 atom stereocenters. The van der Waals surface area contributed by atoms with Crippen LogP contribution in [0.15, 0.2) is 97.1 Å². The van der Waals surface area contributed by atoms with Crippen molar-refractivity contribution in [3.8, 4) is 22.3 Å². The highest BCUT2D eigenvalue weighted by atomic mass is 16.6. The molecule has 238 valence electrons. The van der Waals surface area contributed by atoms with Crippen LogP contribution in [0.5, 0.6) is 0 Å². The van der Waals surface area contributed by atoms with E-state index in [0.29, 0.717) is 0 Å². The highest BCUT2D eigenvalue weighted by molar-refractivity contribution is 6.03. The fourth-order valence-electron chi connectivity index (χ4n) is 8.92. The number of carbonyl (C=O) groups excluding carboxylic acids is 2. The minimum absolute atomic E-state index is 0.264. The first kappa shape index (κ1) is 29.2. The maximum atomic E-state index is 13.8. The summed E-state index contributed by atoms with van der Waals surface area (Å²) in [6.45, 7) is 0. The van der Waals surface area contributed by atoms with E-state index in [1.165, 1.54) is 55.6 Å². The van der Waals surface area contributed by atoms with Gasteiger partial charge in [0, 0.05) is 0 Å². The molecule has 0 aromatic heterocycles. The number of carbonyl (C=O) groups is 2. The van der Waals surface area contributed by atoms with Crippen molar-refractivity contribution in [3.05, 3.63) is 153 Å². The summed E-state index contributed by atoms with van der Waals surface area (Å²) in [6.07, 6.45) is 8.85. The SMILES string of the molecule is O=C(OC1CCCc2c1ccc1c2CCc2ccccc2-1)c1ccccc1C(=O)OC1CCCc2c1ccc1c2CCc2ccccc2-1. The maximum absolute atomic E-state index is 13.8. The van der Waals surface area contributed by atoms with Gasteiger partial charge in [-0.3, -0.25) is 0 Å². The lowest BCUT2D eigenvalue weighted by Crippen LogP contribution is -2.22. The second kappa shape index (κ2) is 11.9. The second-order valence-electron chi connectivity index (χ2n) is 13.8. The van der Waals surface area contributed by atoms with Crippen LogP contribution in [-0.4, -0.2) is 11.9 Å². The first-order valence-corrected chi connectivity index (χ1v) is 17.6. The van der Waals surface area contributed by atoms with Gasteiger partial charge in [-0.05, 0) is 143 Å². The van der Waals surface area contributed by atoms with Gasteiger partial charge < -0.3 is 9.47 Å². The number of aryl methyl sites for hydroxylation is 2. The van der Waals surface area contributed by atoms with E-state index in [9.17, 15) is 9.59 Å². The predicted octanol–water partition coefficient (Wildman–Crippen LogP) is 9.69. The Morgan fingerprint density at radius 2 is 0.875 bits per heavy atom. The molecule has 0 saturated heterocycles. The van der Waals surface area contributed by atoms with Crippen LogP contribution in [-0.2, 0) is 48.0 Å². The summed E-state index contributed by atoms with van der Waals surface area (Å²) in [5.41, 5.74) is 16.3. The number of ether oxygens (including phenoxy) is 2. The summed E-state index contributed by atoms with van der Waals surface area (Å²) in [4.78, 5) is 27.6. The van der Waals surface area contributed by atoms with E-state index in [0.717, 1.165) is 75.3 Å². The Morgan fingerprint density at radius 3 is 1.35 bits per heavy atom. The molecule has 0 amide bonds. The molecule has 48 heavy (non-hydrogen) atoms. The zero-order valence-corrected chi connectivity index (χ0v) is 27.1. The molecular formula is C44H38O4. The molecule has 0 spiro atoms. The van der Waals surface area contributed by atoms with Crippen molar-refractivity contribution < 1.29 is 19.1 Å². The van der Waals surface area contributed by atoms with Crippen LogP contribution in [0.4, 0.5) is 0 Å². The van der Waals surface area contributed by atoms with E-state index in [4.69, 9.17) is 9.47 Å². The van der Waals surface area contributed by atoms with Gasteiger partial charge in [0.25, 0.3) is 0 Å². The van der Waals surface area contributed by atoms with Crippen molar-refractivity contribution in [2.75, 3.05) is 0 Å². The van der Waals surface area contributed by atoms with Crippen molar-refractivity contribution in [1.29, 1.82) is 0 Å². The van der Waals surface area contributed by atoms with Crippen LogP contribution in [0, 0.1) is 0 Å². The summed E-state index contributed by atoms with van der Waals surface area (Å²) >= 11 is 0. The Hall–Kier alpha value is -4.96. The van der Waals surface area contributed by atoms with Crippen LogP contribution >= 0.6 is 0 Å². The number of fused-ring (bicyclic) bond motifs is 10. The molecule has 9 rings (SSSR count). The Bertz CT molecular complexity index is 1960. The average molecular weight is 631 g/mol. The summed E-state index contributed by atoms with van der Waals surface area (Å²) in [5.74, 6) is -0.944. The van der Waals surface area contributed by atoms with Gasteiger partial charge in [-0.15, -0.1) is 0 Å². The van der Waals surface area contributed by atoms with Gasteiger partial charge in [0.1, 0.15) is 12.2 Å². The predicted molar refractivity (Wildman–Crippen MR) is 187 cm³/mol. The van der Waals surface area contributed by atoms with E-state index in [1.807, 2.05) is 0 Å². The average Bonchev–Trinajstić information content (AvgIpc) is 3.14. The minimum atomic E-state index is -0.472. The van der Waals surface area contributed by atoms with Gasteiger partial charge in [0.05, 0.1) is 11.1 Å². The standard InChI is InChI=1S/C44H38O4/c45-43(47-41-17-7-15-31-35-21-19-27-9-1-3-11-29(27)33(35)23-25-37(31)41)39-13-5-6-14-40(39)44(46)48-42-18-8-16-32-36-22-20-28-10-2-4-12-30(28)34(36)24-26-38(32)42/h1-6,9-14,23-26,41-42H,7-8,15-22H2. The highest BCUT2D eigenvalue weighted by Crippen LogP contribution is 2.44. The summed E-state index contributed by atoms with van der Waals surface area (Å²) in [6, 6.07) is 33.0. The highest BCUT2D eigenvalue weighted by Gasteiger charge is 2.32. The lowest BCUT2D eigenvalue weighted by Gasteiger charge is -2.31. The normalized spacial score (nSPS) is 18.6. The van der Waals surface area contributed by atoms with E-state index in [1.54, 1.807) is 24.3 Å². The minimum Gasteiger partial charge on any atom is -0.454 e. The van der Waals surface area contributed by atoms with E-state index >= 15 is 0 Å². The van der Waals surface area contributed by atoms with Gasteiger partial charge in [0.2, 0.25) is 0 Å². The lowest BCUT2D eigenvalue weighted by atomic mass is 9.77. The quantitative estimate of drug-likeness (QED) is 0.186. The number of hydrogen-bond acceptors (Lipinski definition) is 4. The van der Waals surface area contributed by atoms with Crippen molar-refractivity contribution in [2.45, 2.75) is 76.4 Å². The maximum Gasteiger partial charge on any atom is 0.339 e. The zero-order valence-electron chi connectivity index (χ0n) is 27.1. The molecule has 0 bridgehead atoms.